The normalized spacial score (nSPS) is 9.69. The largest absolute Gasteiger partial charge is 0.328 e. The minimum absolute atomic E-state index is 0.592. The summed E-state index contributed by atoms with van der Waals surface area (Å²) in [6, 6.07) is 6.22. The zero-order valence-corrected chi connectivity index (χ0v) is 9.67. The highest BCUT2D eigenvalue weighted by Crippen LogP contribution is 2.19. The van der Waals surface area contributed by atoms with E-state index in [9.17, 15) is 4.79 Å². The lowest BCUT2D eigenvalue weighted by atomic mass is 10.1. The van der Waals surface area contributed by atoms with E-state index in [0.29, 0.717) is 6.42 Å². The summed E-state index contributed by atoms with van der Waals surface area (Å²) >= 11 is 2.10. The Bertz CT molecular complexity index is 299. The zero-order valence-electron chi connectivity index (χ0n) is 7.51. The number of benzene rings is 1. The van der Waals surface area contributed by atoms with Crippen LogP contribution in [0.25, 0.3) is 0 Å². The van der Waals surface area contributed by atoms with E-state index in [0.717, 1.165) is 18.4 Å². The van der Waals surface area contributed by atoms with Crippen LogP contribution in [0.1, 0.15) is 17.5 Å². The average Bonchev–Trinajstić information content (AvgIpc) is 2.15. The second-order valence-electron chi connectivity index (χ2n) is 2.96. The van der Waals surface area contributed by atoms with E-state index >= 15 is 0 Å². The highest BCUT2D eigenvalue weighted by molar-refractivity contribution is 14.1. The summed E-state index contributed by atoms with van der Waals surface area (Å²) in [5.41, 5.74) is 3.55. The molecule has 0 aliphatic carbocycles. The smallest absolute Gasteiger partial charge is 0.120 e. The molecule has 0 amide bonds. The Morgan fingerprint density at radius 2 is 2.31 bits per heavy atom. The molecule has 0 saturated carbocycles. The first kappa shape index (κ1) is 10.5. The second-order valence-corrected chi connectivity index (χ2v) is 3.50. The Balaban J connectivity index is 2.87. The Morgan fingerprint density at radius 3 is 2.92 bits per heavy atom. The molecule has 3 heteroatoms. The van der Waals surface area contributed by atoms with E-state index in [1.54, 1.807) is 0 Å². The molecule has 0 unspecified atom stereocenters. The number of carbonyl (C=O) groups is 1. The fourth-order valence-corrected chi connectivity index (χ4v) is 1.76. The predicted octanol–water partition coefficient (Wildman–Crippen LogP) is 2.89. The van der Waals surface area contributed by atoms with Crippen LogP contribution in [-0.2, 0) is 11.2 Å². The number of aldehydes is 1. The molecule has 0 radical (unpaired) electrons. The fourth-order valence-electron chi connectivity index (χ4n) is 1.24. The molecular weight excluding hydrogens is 277 g/mol. The average molecular weight is 289 g/mol. The summed E-state index contributed by atoms with van der Waals surface area (Å²) < 4.78 is 3.09. The van der Waals surface area contributed by atoms with Crippen molar-refractivity contribution < 1.29 is 4.79 Å². The van der Waals surface area contributed by atoms with Gasteiger partial charge >= 0.3 is 0 Å². The summed E-state index contributed by atoms with van der Waals surface area (Å²) in [5, 5.41) is 0. The molecule has 1 N–H and O–H groups in total. The van der Waals surface area contributed by atoms with Crippen molar-refractivity contribution in [3.63, 3.8) is 0 Å². The number of halogens is 1. The fraction of sp³-hybridized carbons (Fsp3) is 0.300. The number of hydrogen-bond donors (Lipinski definition) is 1. The van der Waals surface area contributed by atoms with Crippen molar-refractivity contribution in [2.45, 2.75) is 19.8 Å². The summed E-state index contributed by atoms with van der Waals surface area (Å²) in [7, 11) is 0. The number of nitrogens with one attached hydrogen (secondary N) is 1. The van der Waals surface area contributed by atoms with Crippen molar-refractivity contribution in [1.29, 1.82) is 0 Å². The monoisotopic (exact) mass is 289 g/mol. The van der Waals surface area contributed by atoms with Gasteiger partial charge in [0.25, 0.3) is 0 Å². The number of rotatable bonds is 4. The zero-order chi connectivity index (χ0) is 9.68. The Morgan fingerprint density at radius 1 is 1.54 bits per heavy atom. The molecule has 2 nitrogen and oxygen atoms in total. The van der Waals surface area contributed by atoms with E-state index in [4.69, 9.17) is 0 Å². The Labute approximate surface area is 92.2 Å². The van der Waals surface area contributed by atoms with Gasteiger partial charge in [-0.2, -0.15) is 0 Å². The molecule has 0 saturated heterocycles. The third-order valence-electron chi connectivity index (χ3n) is 1.89. The van der Waals surface area contributed by atoms with Crippen LogP contribution in [0.15, 0.2) is 18.2 Å². The van der Waals surface area contributed by atoms with Crippen molar-refractivity contribution in [2.75, 3.05) is 3.53 Å². The molecule has 0 aromatic heterocycles. The van der Waals surface area contributed by atoms with Crippen LogP contribution in [0, 0.1) is 6.92 Å². The first-order chi connectivity index (χ1) is 6.27. The molecule has 0 spiro atoms. The van der Waals surface area contributed by atoms with Gasteiger partial charge in [0.05, 0.1) is 22.9 Å². The van der Waals surface area contributed by atoms with E-state index in [1.807, 2.05) is 6.07 Å². The van der Waals surface area contributed by atoms with Crippen molar-refractivity contribution >= 4 is 34.8 Å². The van der Waals surface area contributed by atoms with Gasteiger partial charge in [0.15, 0.2) is 0 Å². The van der Waals surface area contributed by atoms with Gasteiger partial charge in [-0.05, 0) is 25.0 Å². The van der Waals surface area contributed by atoms with E-state index in [-0.39, 0.29) is 0 Å². The molecule has 0 atom stereocenters. The van der Waals surface area contributed by atoms with Gasteiger partial charge in [0.1, 0.15) is 6.29 Å². The molecule has 13 heavy (non-hydrogen) atoms. The number of anilines is 1. The molecule has 0 aliphatic heterocycles. The number of aryl methyl sites for hydroxylation is 2. The van der Waals surface area contributed by atoms with Gasteiger partial charge in [0, 0.05) is 12.1 Å². The van der Waals surface area contributed by atoms with Crippen LogP contribution < -0.4 is 3.53 Å². The first-order valence-corrected chi connectivity index (χ1v) is 5.25. The quantitative estimate of drug-likeness (QED) is 0.524. The van der Waals surface area contributed by atoms with Gasteiger partial charge in [-0.1, -0.05) is 17.7 Å². The molecule has 0 heterocycles. The maximum Gasteiger partial charge on any atom is 0.120 e. The summed E-state index contributed by atoms with van der Waals surface area (Å²) in [6.45, 7) is 2.06. The van der Waals surface area contributed by atoms with Gasteiger partial charge in [-0.25, -0.2) is 0 Å². The molecule has 0 bridgehead atoms. The van der Waals surface area contributed by atoms with Gasteiger partial charge in [-0.15, -0.1) is 0 Å². The molecule has 0 aliphatic rings. The lowest BCUT2D eigenvalue weighted by Crippen LogP contribution is -1.92. The Hall–Kier alpha value is -0.580. The summed E-state index contributed by atoms with van der Waals surface area (Å²) in [4.78, 5) is 10.2. The maximum atomic E-state index is 10.2. The number of hydrogen-bond acceptors (Lipinski definition) is 2. The van der Waals surface area contributed by atoms with E-state index in [2.05, 4.69) is 45.5 Å². The maximum absolute atomic E-state index is 10.2. The van der Waals surface area contributed by atoms with Crippen molar-refractivity contribution in [2.24, 2.45) is 0 Å². The number of carbonyl (C=O) groups excluding carboxylic acids is 1. The SMILES string of the molecule is Cc1ccc(NI)c(CCC=O)c1. The van der Waals surface area contributed by atoms with Crippen molar-refractivity contribution in [3.05, 3.63) is 29.3 Å². The molecule has 70 valence electrons. The van der Waals surface area contributed by atoms with Crippen LogP contribution >= 0.6 is 22.9 Å². The van der Waals surface area contributed by atoms with E-state index in [1.165, 1.54) is 11.1 Å². The minimum atomic E-state index is 0.592. The van der Waals surface area contributed by atoms with Crippen LogP contribution in [0.3, 0.4) is 0 Å². The van der Waals surface area contributed by atoms with Gasteiger partial charge < -0.3 is 8.32 Å². The van der Waals surface area contributed by atoms with Crippen molar-refractivity contribution in [3.8, 4) is 0 Å². The van der Waals surface area contributed by atoms with Gasteiger partial charge in [0.2, 0.25) is 0 Å². The van der Waals surface area contributed by atoms with E-state index < -0.39 is 0 Å². The lowest BCUT2D eigenvalue weighted by molar-refractivity contribution is -0.107. The molecular formula is C10H12INO. The molecule has 1 aromatic carbocycles. The summed E-state index contributed by atoms with van der Waals surface area (Å²) in [6.07, 6.45) is 2.37. The molecule has 1 rings (SSSR count). The van der Waals surface area contributed by atoms with Crippen LogP contribution in [0.4, 0.5) is 5.69 Å². The first-order valence-electron chi connectivity index (χ1n) is 4.17. The van der Waals surface area contributed by atoms with Crippen LogP contribution in [0.5, 0.6) is 0 Å². The highest BCUT2D eigenvalue weighted by atomic mass is 127. The third kappa shape index (κ3) is 2.99. The molecule has 0 fully saturated rings. The topological polar surface area (TPSA) is 29.1 Å². The molecule has 1 aromatic rings. The highest BCUT2D eigenvalue weighted by Gasteiger charge is 2.00. The van der Waals surface area contributed by atoms with Gasteiger partial charge in [-0.3, -0.25) is 0 Å². The van der Waals surface area contributed by atoms with Crippen molar-refractivity contribution in [1.82, 2.24) is 0 Å². The minimum Gasteiger partial charge on any atom is -0.328 e. The third-order valence-corrected chi connectivity index (χ3v) is 2.48. The second kappa shape index (κ2) is 5.21. The lowest BCUT2D eigenvalue weighted by Gasteiger charge is -2.07. The van der Waals surface area contributed by atoms with Crippen LogP contribution in [-0.4, -0.2) is 6.29 Å². The standard InChI is InChI=1S/C10H12INO/c1-8-4-5-10(12-11)9(7-8)3-2-6-13/h4-7,12H,2-3H2,1H3. The summed E-state index contributed by atoms with van der Waals surface area (Å²) in [5.74, 6) is 0. The van der Waals surface area contributed by atoms with Crippen LogP contribution in [0.2, 0.25) is 0 Å². The Kier molecular flexibility index (Phi) is 4.21. The predicted molar refractivity (Wildman–Crippen MR) is 63.2 cm³/mol.